The number of aromatic nitrogens is 2. The minimum atomic E-state index is -0.109. The Labute approximate surface area is 99.9 Å². The molecule has 0 fully saturated rings. The Morgan fingerprint density at radius 3 is 2.41 bits per heavy atom. The maximum atomic E-state index is 11.0. The van der Waals surface area contributed by atoms with E-state index in [2.05, 4.69) is 9.97 Å². The van der Waals surface area contributed by atoms with Gasteiger partial charge in [0, 0.05) is 0 Å². The molecule has 1 aromatic heterocycles. The molecule has 0 atom stereocenters. The smallest absolute Gasteiger partial charge is 0.323 e. The molecule has 0 N–H and O–H groups in total. The van der Waals surface area contributed by atoms with Crippen molar-refractivity contribution in [1.82, 2.24) is 9.97 Å². The van der Waals surface area contributed by atoms with E-state index >= 15 is 0 Å². The first-order valence-corrected chi connectivity index (χ1v) is 5.33. The van der Waals surface area contributed by atoms with Gasteiger partial charge in [-0.1, -0.05) is 0 Å². The van der Waals surface area contributed by atoms with E-state index in [9.17, 15) is 4.79 Å². The zero-order valence-electron chi connectivity index (χ0n) is 10.4. The fourth-order valence-electron chi connectivity index (χ4n) is 1.17. The highest BCUT2D eigenvalue weighted by Gasteiger charge is 2.17. The summed E-state index contributed by atoms with van der Waals surface area (Å²) in [5, 5.41) is 0. The molecule has 1 heterocycles. The lowest BCUT2D eigenvalue weighted by atomic mass is 10.3. The summed E-state index contributed by atoms with van der Waals surface area (Å²) in [6.07, 6.45) is 0.495. The van der Waals surface area contributed by atoms with Crippen molar-refractivity contribution in [3.05, 3.63) is 5.56 Å². The summed E-state index contributed by atoms with van der Waals surface area (Å²) in [6.45, 7) is 5.91. The summed E-state index contributed by atoms with van der Waals surface area (Å²) in [5.41, 5.74) is 0.185. The predicted octanol–water partition coefficient (Wildman–Crippen LogP) is 1.48. The predicted molar refractivity (Wildman–Crippen MR) is 60.9 cm³/mol. The van der Waals surface area contributed by atoms with Gasteiger partial charge in [-0.25, -0.2) is 0 Å². The number of aldehydes is 1. The van der Waals surface area contributed by atoms with Crippen LogP contribution < -0.4 is 14.2 Å². The highest BCUT2D eigenvalue weighted by atomic mass is 16.5. The molecule has 0 aromatic carbocycles. The third-order valence-electron chi connectivity index (χ3n) is 1.79. The number of hydrogen-bond donors (Lipinski definition) is 0. The lowest BCUT2D eigenvalue weighted by Gasteiger charge is -2.13. The quantitative estimate of drug-likeness (QED) is 0.701. The third-order valence-corrected chi connectivity index (χ3v) is 1.79. The van der Waals surface area contributed by atoms with Gasteiger partial charge in [0.25, 0.3) is 0 Å². The molecule has 1 aromatic rings. The zero-order chi connectivity index (χ0) is 12.8. The monoisotopic (exact) mass is 240 g/mol. The van der Waals surface area contributed by atoms with Crippen LogP contribution in [0.2, 0.25) is 0 Å². The van der Waals surface area contributed by atoms with Gasteiger partial charge >= 0.3 is 6.01 Å². The molecule has 94 valence electrons. The minimum Gasteiger partial charge on any atom is -0.480 e. The zero-order valence-corrected chi connectivity index (χ0v) is 10.4. The van der Waals surface area contributed by atoms with Crippen LogP contribution in [0.25, 0.3) is 0 Å². The normalized spacial score (nSPS) is 10.2. The highest BCUT2D eigenvalue weighted by Crippen LogP contribution is 2.26. The Bertz CT molecular complexity index is 393. The molecular weight excluding hydrogens is 224 g/mol. The van der Waals surface area contributed by atoms with Crippen molar-refractivity contribution in [3.63, 3.8) is 0 Å². The number of hydrogen-bond acceptors (Lipinski definition) is 6. The fourth-order valence-corrected chi connectivity index (χ4v) is 1.17. The lowest BCUT2D eigenvalue weighted by Crippen LogP contribution is -2.12. The number of carbonyl (C=O) groups excluding carboxylic acids is 1. The van der Waals surface area contributed by atoms with Crippen LogP contribution in [0.1, 0.15) is 31.1 Å². The third kappa shape index (κ3) is 3.30. The van der Waals surface area contributed by atoms with E-state index in [1.165, 1.54) is 7.11 Å². The summed E-state index contributed by atoms with van der Waals surface area (Å²) in [4.78, 5) is 18.9. The maximum Gasteiger partial charge on any atom is 0.323 e. The second-order valence-corrected chi connectivity index (χ2v) is 3.45. The first kappa shape index (κ1) is 13.2. The van der Waals surface area contributed by atoms with Crippen LogP contribution in [0.3, 0.4) is 0 Å². The molecule has 6 heteroatoms. The van der Waals surface area contributed by atoms with Gasteiger partial charge in [-0.3, -0.25) is 4.79 Å². The summed E-state index contributed by atoms with van der Waals surface area (Å²) < 4.78 is 15.6. The van der Waals surface area contributed by atoms with Crippen molar-refractivity contribution in [2.75, 3.05) is 13.7 Å². The van der Waals surface area contributed by atoms with Crippen molar-refractivity contribution in [2.24, 2.45) is 0 Å². The van der Waals surface area contributed by atoms with Gasteiger partial charge in [0.15, 0.2) is 6.29 Å². The Morgan fingerprint density at radius 1 is 1.29 bits per heavy atom. The van der Waals surface area contributed by atoms with Gasteiger partial charge < -0.3 is 14.2 Å². The van der Waals surface area contributed by atoms with Gasteiger partial charge in [-0.15, -0.1) is 0 Å². The van der Waals surface area contributed by atoms with Crippen molar-refractivity contribution in [3.8, 4) is 17.8 Å². The van der Waals surface area contributed by atoms with E-state index in [4.69, 9.17) is 14.2 Å². The summed E-state index contributed by atoms with van der Waals surface area (Å²) in [7, 11) is 1.42. The van der Waals surface area contributed by atoms with Crippen LogP contribution in [-0.4, -0.2) is 36.1 Å². The van der Waals surface area contributed by atoms with Crippen molar-refractivity contribution in [1.29, 1.82) is 0 Å². The molecule has 0 unspecified atom stereocenters. The van der Waals surface area contributed by atoms with E-state index in [1.807, 2.05) is 20.8 Å². The van der Waals surface area contributed by atoms with Crippen LogP contribution in [0.5, 0.6) is 17.8 Å². The number of rotatable bonds is 6. The largest absolute Gasteiger partial charge is 0.480 e. The molecule has 0 aliphatic rings. The highest BCUT2D eigenvalue weighted by molar-refractivity contribution is 5.81. The average molecular weight is 240 g/mol. The van der Waals surface area contributed by atoms with Crippen LogP contribution in [0, 0.1) is 0 Å². The lowest BCUT2D eigenvalue weighted by molar-refractivity contribution is 0.111. The number of methoxy groups -OCH3 is 1. The molecule has 0 aliphatic heterocycles. The molecular formula is C11H16N2O4. The molecule has 1 rings (SSSR count). The molecule has 17 heavy (non-hydrogen) atoms. The van der Waals surface area contributed by atoms with E-state index in [1.54, 1.807) is 0 Å². The van der Waals surface area contributed by atoms with Crippen molar-refractivity contribution >= 4 is 6.29 Å². The Balaban J connectivity index is 3.21. The van der Waals surface area contributed by atoms with Gasteiger partial charge in [0.05, 0.1) is 19.8 Å². The van der Waals surface area contributed by atoms with Crippen LogP contribution in [0.15, 0.2) is 0 Å². The molecule has 0 saturated carbocycles. The number of carbonyl (C=O) groups is 1. The second-order valence-electron chi connectivity index (χ2n) is 3.45. The maximum absolute atomic E-state index is 11.0. The van der Waals surface area contributed by atoms with Gasteiger partial charge in [-0.2, -0.15) is 9.97 Å². The molecule has 0 radical (unpaired) electrons. The first-order valence-electron chi connectivity index (χ1n) is 5.33. The standard InChI is InChI=1S/C11H16N2O4/c1-5-16-11-12-9(15-4)8(6-14)10(13-11)17-7(2)3/h6-7H,5H2,1-4H3. The Kier molecular flexibility index (Phi) is 4.68. The minimum absolute atomic E-state index is 0.109. The topological polar surface area (TPSA) is 70.5 Å². The fraction of sp³-hybridized carbons (Fsp3) is 0.545. The van der Waals surface area contributed by atoms with Gasteiger partial charge in [0.2, 0.25) is 11.8 Å². The number of ether oxygens (including phenoxy) is 3. The summed E-state index contributed by atoms with van der Waals surface area (Å²) >= 11 is 0. The molecule has 0 bridgehead atoms. The molecule has 0 spiro atoms. The van der Waals surface area contributed by atoms with E-state index in [0.717, 1.165) is 0 Å². The second kappa shape index (κ2) is 6.03. The Hall–Kier alpha value is -1.85. The molecule has 0 amide bonds. The first-order chi connectivity index (χ1) is 8.12. The molecule has 0 aliphatic carbocycles. The SMILES string of the molecule is CCOc1nc(OC)c(C=O)c(OC(C)C)n1. The van der Waals surface area contributed by atoms with Gasteiger partial charge in [0.1, 0.15) is 5.56 Å². The van der Waals surface area contributed by atoms with Crippen molar-refractivity contribution < 1.29 is 19.0 Å². The molecule has 6 nitrogen and oxygen atoms in total. The summed E-state index contributed by atoms with van der Waals surface area (Å²) in [5.74, 6) is 0.319. The van der Waals surface area contributed by atoms with E-state index in [0.29, 0.717) is 12.9 Å². The van der Waals surface area contributed by atoms with E-state index in [-0.39, 0.29) is 29.4 Å². The summed E-state index contributed by atoms with van der Waals surface area (Å²) in [6, 6.07) is 0.130. The number of nitrogens with zero attached hydrogens (tertiary/aromatic N) is 2. The average Bonchev–Trinajstić information content (AvgIpc) is 2.28. The van der Waals surface area contributed by atoms with Crippen LogP contribution >= 0.6 is 0 Å². The van der Waals surface area contributed by atoms with E-state index < -0.39 is 0 Å². The Morgan fingerprint density at radius 2 is 1.94 bits per heavy atom. The van der Waals surface area contributed by atoms with Crippen LogP contribution in [0.4, 0.5) is 0 Å². The van der Waals surface area contributed by atoms with Crippen molar-refractivity contribution in [2.45, 2.75) is 26.9 Å². The molecule has 0 saturated heterocycles. The van der Waals surface area contributed by atoms with Crippen LogP contribution in [-0.2, 0) is 0 Å². The van der Waals surface area contributed by atoms with Gasteiger partial charge in [-0.05, 0) is 20.8 Å².